The Morgan fingerprint density at radius 3 is 1.90 bits per heavy atom. The third-order valence-electron chi connectivity index (χ3n) is 7.62. The molecule has 0 N–H and O–H groups in total. The highest BCUT2D eigenvalue weighted by Gasteiger charge is 2.44. The zero-order chi connectivity index (χ0) is 25.5. The van der Waals surface area contributed by atoms with Crippen molar-refractivity contribution in [2.45, 2.75) is 0 Å². The van der Waals surface area contributed by atoms with Gasteiger partial charge >= 0.3 is 6.71 Å². The Labute approximate surface area is 227 Å². The van der Waals surface area contributed by atoms with Crippen molar-refractivity contribution in [3.63, 3.8) is 0 Å². The quantitative estimate of drug-likeness (QED) is 0.240. The number of hydrogen-bond donors (Lipinski definition) is 0. The molecule has 182 valence electrons. The SMILES string of the molecule is c1ccc(B2c3oc4ccccc4c3N(c3ncc4c(n3)sc3ccccc34)c3c2oc2ccccc32)cc1. The monoisotopic (exact) mass is 519 g/mol. The highest BCUT2D eigenvalue weighted by atomic mass is 32.1. The lowest BCUT2D eigenvalue weighted by Gasteiger charge is -2.29. The normalized spacial score (nSPS) is 13.0. The first-order valence-electron chi connectivity index (χ1n) is 12.9. The molecule has 0 unspecified atom stereocenters. The second kappa shape index (κ2) is 7.82. The van der Waals surface area contributed by atoms with Crippen LogP contribution in [-0.2, 0) is 0 Å². The van der Waals surface area contributed by atoms with Crippen molar-refractivity contribution in [3.8, 4) is 0 Å². The number of aromatic nitrogens is 2. The van der Waals surface area contributed by atoms with Gasteiger partial charge in [0, 0.05) is 32.4 Å². The summed E-state index contributed by atoms with van der Waals surface area (Å²) < 4.78 is 14.5. The largest absolute Gasteiger partial charge is 0.468 e. The summed E-state index contributed by atoms with van der Waals surface area (Å²) in [6, 6.07) is 35.2. The highest BCUT2D eigenvalue weighted by Crippen LogP contribution is 2.44. The van der Waals surface area contributed by atoms with Gasteiger partial charge in [0.2, 0.25) is 5.95 Å². The molecule has 4 aromatic heterocycles. The summed E-state index contributed by atoms with van der Waals surface area (Å²) >= 11 is 1.69. The maximum Gasteiger partial charge on any atom is 0.338 e. The van der Waals surface area contributed by atoms with Crippen molar-refractivity contribution in [1.29, 1.82) is 0 Å². The average Bonchev–Trinajstić information content (AvgIpc) is 3.67. The van der Waals surface area contributed by atoms with E-state index in [0.29, 0.717) is 5.95 Å². The first-order valence-corrected chi connectivity index (χ1v) is 13.7. The van der Waals surface area contributed by atoms with Gasteiger partial charge in [0.05, 0.1) is 11.4 Å². The smallest absolute Gasteiger partial charge is 0.338 e. The molecule has 5 nitrogen and oxygen atoms in total. The van der Waals surface area contributed by atoms with E-state index in [1.165, 1.54) is 10.1 Å². The van der Waals surface area contributed by atoms with Crippen molar-refractivity contribution in [3.05, 3.63) is 109 Å². The molecule has 8 aromatic rings. The standard InChI is InChI=1S/C32H18BN3O2S/c1-2-10-19(11-3-1)33-29-27(21-13-4-7-15-24(21)37-29)36(28-22-14-5-8-16-25(22)38-30(28)33)32-34-18-23-20-12-6-9-17-26(20)39-31(23)35-32/h1-18H. The minimum Gasteiger partial charge on any atom is -0.468 e. The molecule has 4 aromatic carbocycles. The first kappa shape index (κ1) is 21.1. The Morgan fingerprint density at radius 1 is 0.615 bits per heavy atom. The fraction of sp³-hybridized carbons (Fsp3) is 0. The van der Waals surface area contributed by atoms with Crippen molar-refractivity contribution < 1.29 is 8.83 Å². The summed E-state index contributed by atoms with van der Waals surface area (Å²) in [5.41, 5.74) is 6.33. The maximum absolute atomic E-state index is 6.64. The van der Waals surface area contributed by atoms with Gasteiger partial charge in [-0.05, 0) is 30.3 Å². The summed E-state index contributed by atoms with van der Waals surface area (Å²) in [4.78, 5) is 13.2. The van der Waals surface area contributed by atoms with Crippen molar-refractivity contribution >= 4 is 94.4 Å². The van der Waals surface area contributed by atoms with Crippen LogP contribution in [0.1, 0.15) is 0 Å². The van der Waals surface area contributed by atoms with E-state index in [4.69, 9.17) is 18.8 Å². The van der Waals surface area contributed by atoms with Gasteiger partial charge in [0.1, 0.15) is 27.3 Å². The third kappa shape index (κ3) is 2.90. The van der Waals surface area contributed by atoms with Gasteiger partial charge in [0.15, 0.2) is 0 Å². The van der Waals surface area contributed by atoms with Crippen LogP contribution in [0.5, 0.6) is 0 Å². The van der Waals surface area contributed by atoms with Gasteiger partial charge in [-0.1, -0.05) is 78.3 Å². The number of hydrogen-bond acceptors (Lipinski definition) is 6. The molecule has 0 atom stereocenters. The summed E-state index contributed by atoms with van der Waals surface area (Å²) in [5.74, 6) is 0.598. The Bertz CT molecular complexity index is 2130. The van der Waals surface area contributed by atoms with E-state index in [1.54, 1.807) is 11.3 Å². The molecule has 7 heteroatoms. The summed E-state index contributed by atoms with van der Waals surface area (Å²) in [7, 11) is 0. The Hall–Kier alpha value is -4.88. The molecule has 5 heterocycles. The van der Waals surface area contributed by atoms with Gasteiger partial charge in [0.25, 0.3) is 0 Å². The lowest BCUT2D eigenvalue weighted by atomic mass is 9.39. The van der Waals surface area contributed by atoms with Crippen molar-refractivity contribution in [1.82, 2.24) is 9.97 Å². The van der Waals surface area contributed by atoms with Crippen LogP contribution in [0, 0.1) is 0 Å². The minimum atomic E-state index is -0.208. The molecule has 1 aliphatic rings. The van der Waals surface area contributed by atoms with E-state index in [1.807, 2.05) is 48.7 Å². The van der Waals surface area contributed by atoms with E-state index in [2.05, 4.69) is 65.6 Å². The molecule has 0 aliphatic carbocycles. The summed E-state index contributed by atoms with van der Waals surface area (Å²) in [5, 5.41) is 4.28. The molecule has 39 heavy (non-hydrogen) atoms. The zero-order valence-electron chi connectivity index (χ0n) is 20.5. The Kier molecular flexibility index (Phi) is 4.23. The zero-order valence-corrected chi connectivity index (χ0v) is 21.4. The molecule has 0 amide bonds. The molecule has 1 aliphatic heterocycles. The van der Waals surface area contributed by atoms with E-state index >= 15 is 0 Å². The molecular formula is C32H18BN3O2S. The van der Waals surface area contributed by atoms with Crippen LogP contribution >= 0.6 is 11.3 Å². The van der Waals surface area contributed by atoms with Crippen LogP contribution in [0.3, 0.4) is 0 Å². The third-order valence-corrected chi connectivity index (χ3v) is 8.70. The molecule has 0 bridgehead atoms. The van der Waals surface area contributed by atoms with Gasteiger partial charge in [-0.15, -0.1) is 11.3 Å². The van der Waals surface area contributed by atoms with Gasteiger partial charge < -0.3 is 8.83 Å². The van der Waals surface area contributed by atoms with Gasteiger partial charge in [-0.25, -0.2) is 9.97 Å². The predicted molar refractivity (Wildman–Crippen MR) is 160 cm³/mol. The number of thiophene rings is 1. The van der Waals surface area contributed by atoms with Crippen LogP contribution in [0.2, 0.25) is 0 Å². The Morgan fingerprint density at radius 2 is 1.21 bits per heavy atom. The number of fused-ring (bicyclic) bond motifs is 9. The number of benzene rings is 4. The van der Waals surface area contributed by atoms with Crippen LogP contribution < -0.4 is 21.7 Å². The highest BCUT2D eigenvalue weighted by molar-refractivity contribution is 7.25. The first-order chi connectivity index (χ1) is 19.3. The van der Waals surface area contributed by atoms with E-state index in [-0.39, 0.29) is 6.71 Å². The maximum atomic E-state index is 6.64. The minimum absolute atomic E-state index is 0.208. The molecule has 0 radical (unpaired) electrons. The molecule has 9 rings (SSSR count). The number of furan rings is 2. The van der Waals surface area contributed by atoms with Crippen molar-refractivity contribution in [2.75, 3.05) is 4.90 Å². The predicted octanol–water partition coefficient (Wildman–Crippen LogP) is 6.64. The van der Waals surface area contributed by atoms with Crippen LogP contribution in [0.4, 0.5) is 17.3 Å². The van der Waals surface area contributed by atoms with Gasteiger partial charge in [-0.3, -0.25) is 4.90 Å². The molecule has 0 saturated carbocycles. The second-order valence-electron chi connectivity index (χ2n) is 9.79. The lowest BCUT2D eigenvalue weighted by Crippen LogP contribution is -2.56. The van der Waals surface area contributed by atoms with E-state index < -0.39 is 0 Å². The number of rotatable bonds is 2. The molecule has 0 spiro atoms. The van der Waals surface area contributed by atoms with Gasteiger partial charge in [-0.2, -0.15) is 0 Å². The average molecular weight is 519 g/mol. The van der Waals surface area contributed by atoms with Crippen molar-refractivity contribution in [2.24, 2.45) is 0 Å². The molecular weight excluding hydrogens is 501 g/mol. The summed E-state index contributed by atoms with van der Waals surface area (Å²) in [6.07, 6.45) is 1.95. The number of para-hydroxylation sites is 2. The van der Waals surface area contributed by atoms with Crippen LogP contribution in [0.15, 0.2) is 118 Å². The fourth-order valence-electron chi connectivity index (χ4n) is 5.94. The number of nitrogens with zero attached hydrogens (tertiary/aromatic N) is 3. The second-order valence-corrected chi connectivity index (χ2v) is 10.8. The fourth-order valence-corrected chi connectivity index (χ4v) is 6.99. The lowest BCUT2D eigenvalue weighted by molar-refractivity contribution is 0.636. The van der Waals surface area contributed by atoms with E-state index in [0.717, 1.165) is 60.3 Å². The molecule has 0 saturated heterocycles. The van der Waals surface area contributed by atoms with Crippen LogP contribution in [0.25, 0.3) is 42.2 Å². The topological polar surface area (TPSA) is 55.3 Å². The number of anilines is 3. The van der Waals surface area contributed by atoms with E-state index in [9.17, 15) is 0 Å². The molecule has 0 fully saturated rings. The Balaban J connectivity index is 1.40. The van der Waals surface area contributed by atoms with Crippen LogP contribution in [-0.4, -0.2) is 16.7 Å². The summed E-state index contributed by atoms with van der Waals surface area (Å²) in [6.45, 7) is -0.208.